The largest absolute Gasteiger partial charge is 0.384 e. The van der Waals surface area contributed by atoms with Gasteiger partial charge in [0.1, 0.15) is 11.3 Å². The molecule has 0 aliphatic heterocycles. The van der Waals surface area contributed by atoms with E-state index < -0.39 is 0 Å². The number of hydrogen-bond acceptors (Lipinski definition) is 6. The number of nitrogens with one attached hydrogen (secondary N) is 1. The normalized spacial score (nSPS) is 14.7. The molecule has 152 valence electrons. The highest BCUT2D eigenvalue weighted by Crippen LogP contribution is 2.47. The Morgan fingerprint density at radius 2 is 2.17 bits per heavy atom. The number of carbonyl (C=O) groups is 1. The minimum atomic E-state index is -0.236. The number of benzene rings is 1. The van der Waals surface area contributed by atoms with Crippen LogP contribution >= 0.6 is 0 Å². The van der Waals surface area contributed by atoms with Crippen LogP contribution in [0.15, 0.2) is 53.3 Å². The lowest BCUT2D eigenvalue weighted by atomic mass is 10.1. The molecule has 0 bridgehead atoms. The van der Waals surface area contributed by atoms with Crippen molar-refractivity contribution in [3.05, 3.63) is 65.9 Å². The Labute approximate surface area is 172 Å². The first kappa shape index (κ1) is 18.5. The first-order chi connectivity index (χ1) is 14.6. The fourth-order valence-electron chi connectivity index (χ4n) is 3.59. The van der Waals surface area contributed by atoms with Gasteiger partial charge in [-0.2, -0.15) is 4.98 Å². The molecule has 0 saturated heterocycles. The SMILES string of the molecule is COCC1(c2nc(-c3ccc(C)c(NC(=O)c4cnc5ccccn45)c3)no2)CC1. The third-order valence-electron chi connectivity index (χ3n) is 5.55. The van der Waals surface area contributed by atoms with Crippen molar-refractivity contribution in [2.24, 2.45) is 0 Å². The summed E-state index contributed by atoms with van der Waals surface area (Å²) in [4.78, 5) is 21.7. The van der Waals surface area contributed by atoms with E-state index in [-0.39, 0.29) is 11.3 Å². The third-order valence-corrected chi connectivity index (χ3v) is 5.55. The number of pyridine rings is 1. The van der Waals surface area contributed by atoms with E-state index in [0.29, 0.717) is 29.7 Å². The number of hydrogen-bond donors (Lipinski definition) is 1. The van der Waals surface area contributed by atoms with Crippen LogP contribution in [0.2, 0.25) is 0 Å². The average Bonchev–Trinajstić information content (AvgIpc) is 3.17. The first-order valence-corrected chi connectivity index (χ1v) is 9.77. The third kappa shape index (κ3) is 3.15. The van der Waals surface area contributed by atoms with Crippen molar-refractivity contribution in [3.8, 4) is 11.4 Å². The smallest absolute Gasteiger partial charge is 0.274 e. The zero-order valence-corrected chi connectivity index (χ0v) is 16.8. The zero-order chi connectivity index (χ0) is 20.7. The molecule has 0 atom stereocenters. The Kier molecular flexibility index (Phi) is 4.36. The molecule has 0 spiro atoms. The molecule has 1 saturated carbocycles. The number of carbonyl (C=O) groups excluding carboxylic acids is 1. The van der Waals surface area contributed by atoms with Gasteiger partial charge in [0, 0.05) is 24.6 Å². The summed E-state index contributed by atoms with van der Waals surface area (Å²) in [6.07, 6.45) is 5.35. The fourth-order valence-corrected chi connectivity index (χ4v) is 3.59. The van der Waals surface area contributed by atoms with Crippen LogP contribution < -0.4 is 5.32 Å². The summed E-state index contributed by atoms with van der Waals surface area (Å²) < 4.78 is 12.6. The Bertz CT molecular complexity index is 1240. The number of fused-ring (bicyclic) bond motifs is 1. The second-order valence-electron chi connectivity index (χ2n) is 7.69. The lowest BCUT2D eigenvalue weighted by Gasteiger charge is -2.09. The van der Waals surface area contributed by atoms with Gasteiger partial charge in [0.25, 0.3) is 5.91 Å². The number of aromatic nitrogens is 4. The molecule has 1 amide bonds. The van der Waals surface area contributed by atoms with Gasteiger partial charge in [-0.15, -0.1) is 0 Å². The highest BCUT2D eigenvalue weighted by molar-refractivity contribution is 6.04. The molecule has 8 heteroatoms. The molecule has 1 aliphatic carbocycles. The van der Waals surface area contributed by atoms with E-state index in [4.69, 9.17) is 9.26 Å². The second kappa shape index (κ2) is 7.07. The minimum Gasteiger partial charge on any atom is -0.384 e. The Hall–Kier alpha value is -3.52. The summed E-state index contributed by atoms with van der Waals surface area (Å²) in [5.74, 6) is 0.869. The molecular formula is C22H21N5O3. The van der Waals surface area contributed by atoms with Crippen molar-refractivity contribution in [3.63, 3.8) is 0 Å². The van der Waals surface area contributed by atoms with Gasteiger partial charge in [-0.1, -0.05) is 23.4 Å². The van der Waals surface area contributed by atoms with Gasteiger partial charge < -0.3 is 14.6 Å². The van der Waals surface area contributed by atoms with Crippen molar-refractivity contribution in [2.45, 2.75) is 25.2 Å². The summed E-state index contributed by atoms with van der Waals surface area (Å²) in [6.45, 7) is 2.51. The van der Waals surface area contributed by atoms with E-state index in [1.54, 1.807) is 17.7 Å². The molecule has 30 heavy (non-hydrogen) atoms. The maximum atomic E-state index is 12.9. The van der Waals surface area contributed by atoms with Crippen LogP contribution in [0.4, 0.5) is 5.69 Å². The van der Waals surface area contributed by atoms with E-state index >= 15 is 0 Å². The summed E-state index contributed by atoms with van der Waals surface area (Å²) in [5.41, 5.74) is 3.43. The number of methoxy groups -OCH3 is 1. The van der Waals surface area contributed by atoms with E-state index in [0.717, 1.165) is 29.6 Å². The number of nitrogens with zero attached hydrogens (tertiary/aromatic N) is 4. The van der Waals surface area contributed by atoms with Gasteiger partial charge in [-0.05, 0) is 43.5 Å². The van der Waals surface area contributed by atoms with Crippen LogP contribution in [0.5, 0.6) is 0 Å². The van der Waals surface area contributed by atoms with Gasteiger partial charge in [-0.3, -0.25) is 9.20 Å². The maximum absolute atomic E-state index is 12.9. The van der Waals surface area contributed by atoms with Crippen molar-refractivity contribution >= 4 is 17.2 Å². The predicted molar refractivity (Wildman–Crippen MR) is 110 cm³/mol. The molecule has 3 aromatic heterocycles. The first-order valence-electron chi connectivity index (χ1n) is 9.77. The highest BCUT2D eigenvalue weighted by Gasteiger charge is 2.49. The molecule has 1 aliphatic rings. The topological polar surface area (TPSA) is 94.5 Å². The molecule has 8 nitrogen and oxygen atoms in total. The number of ether oxygens (including phenoxy) is 1. The van der Waals surface area contributed by atoms with E-state index in [1.165, 1.54) is 0 Å². The van der Waals surface area contributed by atoms with Crippen molar-refractivity contribution in [1.82, 2.24) is 19.5 Å². The number of imidazole rings is 1. The molecule has 1 fully saturated rings. The maximum Gasteiger partial charge on any atom is 0.274 e. The van der Waals surface area contributed by atoms with Crippen LogP contribution in [0.25, 0.3) is 17.0 Å². The lowest BCUT2D eigenvalue weighted by Crippen LogP contribution is -2.15. The van der Waals surface area contributed by atoms with Gasteiger partial charge >= 0.3 is 0 Å². The molecular weight excluding hydrogens is 382 g/mol. The van der Waals surface area contributed by atoms with Crippen molar-refractivity contribution < 1.29 is 14.1 Å². The fraction of sp³-hybridized carbons (Fsp3) is 0.273. The van der Waals surface area contributed by atoms with Crippen molar-refractivity contribution in [2.75, 3.05) is 19.0 Å². The van der Waals surface area contributed by atoms with Crippen molar-refractivity contribution in [1.29, 1.82) is 0 Å². The van der Waals surface area contributed by atoms with Crippen LogP contribution in [0.3, 0.4) is 0 Å². The molecule has 5 rings (SSSR count). The van der Waals surface area contributed by atoms with Gasteiger partial charge in [0.2, 0.25) is 11.7 Å². The summed E-state index contributed by atoms with van der Waals surface area (Å²) >= 11 is 0. The van der Waals surface area contributed by atoms with E-state index in [2.05, 4.69) is 20.4 Å². The quantitative estimate of drug-likeness (QED) is 0.528. The number of amides is 1. The van der Waals surface area contributed by atoms with E-state index in [9.17, 15) is 4.79 Å². The molecule has 0 radical (unpaired) electrons. The van der Waals surface area contributed by atoms with Crippen LogP contribution in [-0.2, 0) is 10.2 Å². The molecule has 1 aromatic carbocycles. The van der Waals surface area contributed by atoms with Gasteiger partial charge in [0.15, 0.2) is 0 Å². The Balaban J connectivity index is 1.42. The molecule has 4 aromatic rings. The summed E-state index contributed by atoms with van der Waals surface area (Å²) in [6, 6.07) is 11.3. The number of rotatable bonds is 6. The highest BCUT2D eigenvalue weighted by atomic mass is 16.5. The van der Waals surface area contributed by atoms with Gasteiger partial charge in [0.05, 0.1) is 18.2 Å². The summed E-state index contributed by atoms with van der Waals surface area (Å²) in [5, 5.41) is 7.13. The van der Waals surface area contributed by atoms with Crippen LogP contribution in [0, 0.1) is 6.92 Å². The Morgan fingerprint density at radius 3 is 2.97 bits per heavy atom. The average molecular weight is 403 g/mol. The molecule has 1 N–H and O–H groups in total. The van der Waals surface area contributed by atoms with Crippen LogP contribution in [0.1, 0.15) is 34.8 Å². The molecule has 0 unspecified atom stereocenters. The van der Waals surface area contributed by atoms with Crippen LogP contribution in [-0.4, -0.2) is 39.1 Å². The monoisotopic (exact) mass is 403 g/mol. The summed E-state index contributed by atoms with van der Waals surface area (Å²) in [7, 11) is 1.68. The van der Waals surface area contributed by atoms with Gasteiger partial charge in [-0.25, -0.2) is 4.98 Å². The molecule has 3 heterocycles. The number of anilines is 1. The Morgan fingerprint density at radius 1 is 1.30 bits per heavy atom. The number of aryl methyl sites for hydroxylation is 1. The lowest BCUT2D eigenvalue weighted by molar-refractivity contribution is 0.102. The minimum absolute atomic E-state index is 0.148. The second-order valence-corrected chi connectivity index (χ2v) is 7.69. The predicted octanol–water partition coefficient (Wildman–Crippen LogP) is 3.62. The standard InChI is InChI=1S/C22H21N5O3/c1-14-6-7-15(19-25-21(30-26-19)22(8-9-22)13-29-2)11-16(14)24-20(28)17-12-23-18-5-3-4-10-27(17)18/h3-7,10-12H,8-9,13H2,1-2H3,(H,24,28). The zero-order valence-electron chi connectivity index (χ0n) is 16.8. The van der Waals surface area contributed by atoms with E-state index in [1.807, 2.05) is 49.5 Å².